The van der Waals surface area contributed by atoms with Crippen molar-refractivity contribution in [3.8, 4) is 0 Å². The van der Waals surface area contributed by atoms with Crippen molar-refractivity contribution in [2.45, 2.75) is 32.6 Å². The second kappa shape index (κ2) is 11.2. The van der Waals surface area contributed by atoms with Crippen molar-refractivity contribution in [3.63, 3.8) is 0 Å². The summed E-state index contributed by atoms with van der Waals surface area (Å²) in [5.41, 5.74) is 0.982. The maximum atomic E-state index is 15.4. The van der Waals surface area contributed by atoms with Gasteiger partial charge in [-0.15, -0.1) is 0 Å². The van der Waals surface area contributed by atoms with Gasteiger partial charge >= 0.3 is 12.1 Å². The van der Waals surface area contributed by atoms with Gasteiger partial charge in [0.2, 0.25) is 5.43 Å². The number of pyridine rings is 1. The Labute approximate surface area is 219 Å². The van der Waals surface area contributed by atoms with Crippen molar-refractivity contribution in [2.75, 3.05) is 44.3 Å². The highest BCUT2D eigenvalue weighted by atomic mass is 19.1. The summed E-state index contributed by atoms with van der Waals surface area (Å²) >= 11 is 0. The van der Waals surface area contributed by atoms with Gasteiger partial charge in [-0.25, -0.2) is 14.0 Å². The maximum Gasteiger partial charge on any atom is 0.410 e. The number of rotatable bonds is 6. The van der Waals surface area contributed by atoms with Gasteiger partial charge in [0.15, 0.2) is 0 Å². The van der Waals surface area contributed by atoms with Crippen LogP contribution in [0, 0.1) is 5.82 Å². The van der Waals surface area contributed by atoms with E-state index in [9.17, 15) is 14.4 Å². The predicted molar refractivity (Wildman–Crippen MR) is 139 cm³/mol. The highest BCUT2D eigenvalue weighted by Gasteiger charge is 2.27. The first kappa shape index (κ1) is 25.7. The molecule has 0 spiro atoms. The second-order valence-corrected chi connectivity index (χ2v) is 9.30. The zero-order valence-electron chi connectivity index (χ0n) is 21.2. The molecule has 1 amide bonds. The molecule has 0 saturated carbocycles. The maximum absolute atomic E-state index is 15.4. The lowest BCUT2D eigenvalue weighted by molar-refractivity contribution is 0.0509. The van der Waals surface area contributed by atoms with E-state index in [1.54, 1.807) is 22.5 Å². The number of fused-ring (bicyclic) bond motifs is 1. The van der Waals surface area contributed by atoms with Crippen molar-refractivity contribution in [2.24, 2.45) is 0 Å². The molecule has 0 N–H and O–H groups in total. The van der Waals surface area contributed by atoms with Crippen LogP contribution < -0.4 is 10.3 Å². The number of piperazine rings is 1. The van der Waals surface area contributed by atoms with Crippen molar-refractivity contribution < 1.29 is 28.2 Å². The Balaban J connectivity index is 1.38. The molecule has 3 heterocycles. The SMILES string of the molecule is CCOC(=O)c1cn(C2CCCO2)c2cc(N3CCN(C(=O)OCc4ccccc4)CC3)c(F)cc2c1=O. The fraction of sp³-hybridized carbons (Fsp3) is 0.393. The molecular formula is C28H30FN3O6. The smallest absolute Gasteiger partial charge is 0.410 e. The van der Waals surface area contributed by atoms with Gasteiger partial charge in [0.05, 0.1) is 17.8 Å². The van der Waals surface area contributed by atoms with E-state index >= 15 is 4.39 Å². The van der Waals surface area contributed by atoms with E-state index in [-0.39, 0.29) is 30.4 Å². The average molecular weight is 524 g/mol. The quantitative estimate of drug-likeness (QED) is 0.450. The number of amides is 1. The van der Waals surface area contributed by atoms with Gasteiger partial charge in [-0.05, 0) is 37.5 Å². The molecule has 1 aromatic heterocycles. The van der Waals surface area contributed by atoms with Crippen LogP contribution in [0.2, 0.25) is 0 Å². The van der Waals surface area contributed by atoms with Gasteiger partial charge in [0.1, 0.15) is 24.2 Å². The highest BCUT2D eigenvalue weighted by Crippen LogP contribution is 2.31. The lowest BCUT2D eigenvalue weighted by atomic mass is 10.1. The number of ether oxygens (including phenoxy) is 3. The number of carbonyl (C=O) groups is 2. The Bertz CT molecular complexity index is 1380. The van der Waals surface area contributed by atoms with Gasteiger partial charge in [-0.2, -0.15) is 0 Å². The number of benzene rings is 2. The monoisotopic (exact) mass is 523 g/mol. The molecule has 9 nitrogen and oxygen atoms in total. The van der Waals surface area contributed by atoms with E-state index in [0.717, 1.165) is 12.0 Å². The molecule has 5 rings (SSSR count). The summed E-state index contributed by atoms with van der Waals surface area (Å²) in [6.45, 7) is 4.05. The molecule has 2 aromatic carbocycles. The molecule has 0 aliphatic carbocycles. The summed E-state index contributed by atoms with van der Waals surface area (Å²) in [4.78, 5) is 41.6. The van der Waals surface area contributed by atoms with Gasteiger partial charge in [0.25, 0.3) is 0 Å². The Morgan fingerprint density at radius 1 is 1.08 bits per heavy atom. The number of carbonyl (C=O) groups excluding carboxylic acids is 2. The molecule has 2 aliphatic rings. The molecule has 38 heavy (non-hydrogen) atoms. The third-order valence-electron chi connectivity index (χ3n) is 6.90. The van der Waals surface area contributed by atoms with Crippen LogP contribution in [0.4, 0.5) is 14.9 Å². The molecule has 0 bridgehead atoms. The first-order valence-corrected chi connectivity index (χ1v) is 12.8. The van der Waals surface area contributed by atoms with E-state index in [0.29, 0.717) is 50.4 Å². The fourth-order valence-electron chi connectivity index (χ4n) is 4.91. The number of hydrogen-bond acceptors (Lipinski definition) is 7. The van der Waals surface area contributed by atoms with E-state index < -0.39 is 23.3 Å². The summed E-state index contributed by atoms with van der Waals surface area (Å²) in [7, 11) is 0. The molecule has 1 unspecified atom stereocenters. The van der Waals surface area contributed by atoms with E-state index in [4.69, 9.17) is 14.2 Å². The van der Waals surface area contributed by atoms with Crippen LogP contribution in [0.3, 0.4) is 0 Å². The molecule has 3 aromatic rings. The third kappa shape index (κ3) is 5.22. The third-order valence-corrected chi connectivity index (χ3v) is 6.90. The molecule has 1 atom stereocenters. The predicted octanol–water partition coefficient (Wildman–Crippen LogP) is 4.09. The number of esters is 1. The molecule has 2 saturated heterocycles. The number of hydrogen-bond donors (Lipinski definition) is 0. The van der Waals surface area contributed by atoms with Crippen LogP contribution in [0.25, 0.3) is 10.9 Å². The van der Waals surface area contributed by atoms with Crippen LogP contribution in [0.5, 0.6) is 0 Å². The fourth-order valence-corrected chi connectivity index (χ4v) is 4.91. The minimum atomic E-state index is -0.745. The molecular weight excluding hydrogens is 493 g/mol. The first-order chi connectivity index (χ1) is 18.5. The van der Waals surface area contributed by atoms with Crippen LogP contribution in [-0.4, -0.2) is 60.9 Å². The van der Waals surface area contributed by atoms with Gasteiger partial charge in [-0.1, -0.05) is 30.3 Å². The largest absolute Gasteiger partial charge is 0.462 e. The minimum Gasteiger partial charge on any atom is -0.462 e. The van der Waals surface area contributed by atoms with Crippen LogP contribution in [-0.2, 0) is 20.8 Å². The number of anilines is 1. The summed E-state index contributed by atoms with van der Waals surface area (Å²) in [6.07, 6.45) is 2.22. The topological polar surface area (TPSA) is 90.3 Å². The van der Waals surface area contributed by atoms with Crippen molar-refractivity contribution >= 4 is 28.7 Å². The van der Waals surface area contributed by atoms with Crippen molar-refractivity contribution in [1.29, 1.82) is 0 Å². The average Bonchev–Trinajstić information content (AvgIpc) is 3.48. The summed E-state index contributed by atoms with van der Waals surface area (Å²) in [6, 6.07) is 12.3. The van der Waals surface area contributed by atoms with Gasteiger partial charge < -0.3 is 28.6 Å². The lowest BCUT2D eigenvalue weighted by Crippen LogP contribution is -2.49. The van der Waals surface area contributed by atoms with Gasteiger partial charge in [0, 0.05) is 44.4 Å². The summed E-state index contributed by atoms with van der Waals surface area (Å²) in [5, 5.41) is 0.0930. The van der Waals surface area contributed by atoms with Crippen molar-refractivity contribution in [1.82, 2.24) is 9.47 Å². The zero-order chi connectivity index (χ0) is 26.6. The molecule has 10 heteroatoms. The van der Waals surface area contributed by atoms with E-state index in [2.05, 4.69) is 0 Å². The molecule has 2 aliphatic heterocycles. The Kier molecular flexibility index (Phi) is 7.59. The molecule has 0 radical (unpaired) electrons. The number of halogens is 1. The van der Waals surface area contributed by atoms with Crippen LogP contribution in [0.15, 0.2) is 53.5 Å². The Morgan fingerprint density at radius 3 is 2.53 bits per heavy atom. The Morgan fingerprint density at radius 2 is 1.84 bits per heavy atom. The second-order valence-electron chi connectivity index (χ2n) is 9.30. The standard InChI is InChI=1S/C28H30FN3O6/c1-2-36-27(34)21-17-32(25-9-6-14-37-25)23-16-24(22(29)15-20(23)26(21)33)30-10-12-31(13-11-30)28(35)38-18-19-7-4-3-5-8-19/h3-5,7-8,15-17,25H,2,6,9-14,18H2,1H3. The lowest BCUT2D eigenvalue weighted by Gasteiger charge is -2.35. The van der Waals surface area contributed by atoms with Crippen LogP contribution >= 0.6 is 0 Å². The van der Waals surface area contributed by atoms with Gasteiger partial charge in [-0.3, -0.25) is 4.79 Å². The summed E-state index contributed by atoms with van der Waals surface area (Å²) < 4.78 is 33.5. The first-order valence-electron chi connectivity index (χ1n) is 12.8. The normalized spacial score (nSPS) is 17.6. The highest BCUT2D eigenvalue weighted by molar-refractivity contribution is 5.94. The summed E-state index contributed by atoms with van der Waals surface area (Å²) in [5.74, 6) is -1.32. The minimum absolute atomic E-state index is 0.0930. The van der Waals surface area contributed by atoms with Crippen molar-refractivity contribution in [3.05, 3.63) is 75.8 Å². The molecule has 2 fully saturated rings. The number of aromatic nitrogens is 1. The molecule has 200 valence electrons. The zero-order valence-corrected chi connectivity index (χ0v) is 21.2. The Hall–Kier alpha value is -3.92. The number of nitrogens with zero attached hydrogens (tertiary/aromatic N) is 3. The van der Waals surface area contributed by atoms with Crippen LogP contribution in [0.1, 0.15) is 41.9 Å². The van der Waals surface area contributed by atoms with E-state index in [1.807, 2.05) is 35.2 Å². The van der Waals surface area contributed by atoms with E-state index in [1.165, 1.54) is 12.3 Å².